The zero-order valence-corrected chi connectivity index (χ0v) is 19.7. The first-order chi connectivity index (χ1) is 15.9. The Morgan fingerprint density at radius 1 is 1.21 bits per heavy atom. The predicted octanol–water partition coefficient (Wildman–Crippen LogP) is 4.51. The summed E-state index contributed by atoms with van der Waals surface area (Å²) in [5, 5.41) is 15.3. The number of hydrogen-bond acceptors (Lipinski definition) is 4. The molecule has 0 saturated carbocycles. The third kappa shape index (κ3) is 5.00. The Bertz CT molecular complexity index is 1300. The van der Waals surface area contributed by atoms with Crippen molar-refractivity contribution in [3.05, 3.63) is 64.5 Å². The molecule has 0 aliphatic carbocycles. The molecule has 9 nitrogen and oxygen atoms in total. The maximum Gasteiger partial charge on any atom is 0.408 e. The molecule has 1 atom stereocenters. The lowest BCUT2D eigenvalue weighted by atomic mass is 10.0. The van der Waals surface area contributed by atoms with Crippen LogP contribution in [0.5, 0.6) is 0 Å². The number of benzene rings is 2. The number of anilines is 1. The van der Waals surface area contributed by atoms with Gasteiger partial charge in [-0.2, -0.15) is 0 Å². The van der Waals surface area contributed by atoms with Crippen molar-refractivity contribution in [1.82, 2.24) is 19.8 Å². The fourth-order valence-electron chi connectivity index (χ4n) is 3.91. The van der Waals surface area contributed by atoms with Gasteiger partial charge in [-0.15, -0.1) is 0 Å². The van der Waals surface area contributed by atoms with Crippen LogP contribution in [0.1, 0.15) is 46.5 Å². The highest BCUT2D eigenvalue weighted by Gasteiger charge is 2.34. The topological polar surface area (TPSA) is 117 Å². The van der Waals surface area contributed by atoms with Crippen molar-refractivity contribution >= 4 is 28.7 Å². The summed E-state index contributed by atoms with van der Waals surface area (Å²) in [5.41, 5.74) is -0.341. The highest BCUT2D eigenvalue weighted by atomic mass is 19.1. The molecule has 1 aromatic heterocycles. The van der Waals surface area contributed by atoms with Gasteiger partial charge in [0.1, 0.15) is 11.6 Å². The molecule has 3 N–H and O–H groups in total. The van der Waals surface area contributed by atoms with Gasteiger partial charge in [0.05, 0.1) is 22.6 Å². The Morgan fingerprint density at radius 2 is 1.91 bits per heavy atom. The molecule has 2 aromatic carbocycles. The van der Waals surface area contributed by atoms with Gasteiger partial charge < -0.3 is 15.7 Å². The Labute approximate surface area is 196 Å². The van der Waals surface area contributed by atoms with Crippen molar-refractivity contribution in [2.75, 3.05) is 11.9 Å². The molecule has 3 amide bonds. The number of carbonyl (C=O) groups is 2. The van der Waals surface area contributed by atoms with Crippen molar-refractivity contribution in [2.24, 2.45) is 0 Å². The third-order valence-corrected chi connectivity index (χ3v) is 5.25. The summed E-state index contributed by atoms with van der Waals surface area (Å²) >= 11 is 0. The average molecular weight is 470 g/mol. The Hall–Kier alpha value is -3.95. The highest BCUT2D eigenvalue weighted by Crippen LogP contribution is 2.29. The van der Waals surface area contributed by atoms with E-state index in [9.17, 15) is 23.9 Å². The number of halogens is 1. The van der Waals surface area contributed by atoms with E-state index in [-0.39, 0.29) is 16.7 Å². The number of urea groups is 1. The molecule has 3 rings (SSSR count). The lowest BCUT2D eigenvalue weighted by molar-refractivity contribution is 0.0719. The lowest BCUT2D eigenvalue weighted by Gasteiger charge is -2.38. The maximum atomic E-state index is 14.0. The number of nitrogens with one attached hydrogen (secondary N) is 2. The van der Waals surface area contributed by atoms with Crippen LogP contribution in [-0.2, 0) is 0 Å². The lowest BCUT2D eigenvalue weighted by Crippen LogP contribution is -2.47. The Kier molecular flexibility index (Phi) is 6.90. The normalized spacial score (nSPS) is 12.3. The number of carboxylic acid groups (broad SMARTS) is 1. The number of amides is 3. The first-order valence-corrected chi connectivity index (χ1v) is 10.8. The average Bonchev–Trinajstić information content (AvgIpc) is 2.73. The van der Waals surface area contributed by atoms with Crippen LogP contribution < -0.4 is 16.2 Å². The first kappa shape index (κ1) is 24.7. The van der Waals surface area contributed by atoms with Crippen LogP contribution in [-0.4, -0.2) is 43.8 Å². The van der Waals surface area contributed by atoms with Gasteiger partial charge in [-0.1, -0.05) is 6.07 Å². The molecule has 0 bridgehead atoms. The fourth-order valence-corrected chi connectivity index (χ4v) is 3.91. The molecule has 0 spiro atoms. The van der Waals surface area contributed by atoms with Crippen molar-refractivity contribution < 1.29 is 19.1 Å². The van der Waals surface area contributed by atoms with E-state index >= 15 is 0 Å². The summed E-state index contributed by atoms with van der Waals surface area (Å²) in [6.45, 7) is 9.09. The molecule has 10 heteroatoms. The number of aromatic nitrogens is 2. The smallest absolute Gasteiger partial charge is 0.408 e. The number of fused-ring (bicyclic) bond motifs is 1. The van der Waals surface area contributed by atoms with E-state index in [4.69, 9.17) is 0 Å². The molecule has 1 unspecified atom stereocenters. The first-order valence-electron chi connectivity index (χ1n) is 10.8. The molecule has 1 heterocycles. The second-order valence-corrected chi connectivity index (χ2v) is 8.81. The van der Waals surface area contributed by atoms with Crippen molar-refractivity contribution in [2.45, 2.75) is 46.2 Å². The summed E-state index contributed by atoms with van der Waals surface area (Å²) in [6, 6.07) is 8.95. The second-order valence-electron chi connectivity index (χ2n) is 8.81. The summed E-state index contributed by atoms with van der Waals surface area (Å²) in [6.07, 6.45) is -1.17. The van der Waals surface area contributed by atoms with E-state index in [1.165, 1.54) is 21.6 Å². The van der Waals surface area contributed by atoms with Crippen molar-refractivity contribution in [1.29, 1.82) is 0 Å². The van der Waals surface area contributed by atoms with Crippen LogP contribution >= 0.6 is 0 Å². The number of nitrogens with zero attached hydrogens (tertiary/aromatic N) is 3. The van der Waals surface area contributed by atoms with Gasteiger partial charge in [-0.05, 0) is 71.0 Å². The monoisotopic (exact) mass is 469 g/mol. The molecular formula is C24H28FN5O4. The van der Waals surface area contributed by atoms with Gasteiger partial charge in [-0.25, -0.2) is 19.0 Å². The molecular weight excluding hydrogens is 441 g/mol. The molecule has 0 aliphatic rings. The van der Waals surface area contributed by atoms with E-state index in [2.05, 4.69) is 15.6 Å². The zero-order chi connectivity index (χ0) is 25.2. The largest absolute Gasteiger partial charge is 0.465 e. The van der Waals surface area contributed by atoms with Gasteiger partial charge in [0.25, 0.3) is 5.56 Å². The summed E-state index contributed by atoms with van der Waals surface area (Å²) in [7, 11) is 0. The van der Waals surface area contributed by atoms with E-state index in [1.54, 1.807) is 58.9 Å². The van der Waals surface area contributed by atoms with Gasteiger partial charge in [0, 0.05) is 17.8 Å². The zero-order valence-electron chi connectivity index (χ0n) is 19.7. The van der Waals surface area contributed by atoms with Gasteiger partial charge >= 0.3 is 12.1 Å². The van der Waals surface area contributed by atoms with Gasteiger partial charge in [0.2, 0.25) is 0 Å². The Morgan fingerprint density at radius 3 is 2.53 bits per heavy atom. The molecule has 0 aliphatic heterocycles. The van der Waals surface area contributed by atoms with Crippen LogP contribution in [0.15, 0.2) is 47.3 Å². The van der Waals surface area contributed by atoms with Gasteiger partial charge in [0.15, 0.2) is 0 Å². The number of rotatable bonds is 5. The van der Waals surface area contributed by atoms with Crippen molar-refractivity contribution in [3.63, 3.8) is 0 Å². The van der Waals surface area contributed by atoms with E-state index in [0.29, 0.717) is 17.9 Å². The number of hydrogen-bond donors (Lipinski definition) is 3. The molecule has 34 heavy (non-hydrogen) atoms. The summed E-state index contributed by atoms with van der Waals surface area (Å²) in [4.78, 5) is 43.5. The summed E-state index contributed by atoms with van der Waals surface area (Å²) < 4.78 is 15.2. The fraction of sp³-hybridized carbons (Fsp3) is 0.333. The predicted molar refractivity (Wildman–Crippen MR) is 128 cm³/mol. The quantitative estimate of drug-likeness (QED) is 0.509. The minimum Gasteiger partial charge on any atom is -0.465 e. The highest BCUT2D eigenvalue weighted by molar-refractivity contribution is 5.89. The standard InChI is InChI=1S/C24H28FN5O4/c1-6-26-22(32)27-16-8-7-9-17(13-16)29-20(14(2)30(23(33)34)24(3,4)5)28-19-11-10-15(25)12-18(19)21(29)31/h7-14H,6H2,1-5H3,(H,33,34)(H2,26,27,32). The SMILES string of the molecule is CCNC(=O)Nc1cccc(-n2c(C(C)N(C(=O)O)C(C)(C)C)nc3ccc(F)cc3c2=O)c1. The Balaban J connectivity index is 2.28. The van der Waals surface area contributed by atoms with Crippen LogP contribution in [0.25, 0.3) is 16.6 Å². The molecule has 0 saturated heterocycles. The van der Waals surface area contributed by atoms with Crippen LogP contribution in [0.3, 0.4) is 0 Å². The minimum absolute atomic E-state index is 0.0515. The summed E-state index contributed by atoms with van der Waals surface area (Å²) in [5.74, 6) is -0.427. The van der Waals surface area contributed by atoms with Crippen molar-refractivity contribution in [3.8, 4) is 5.69 Å². The minimum atomic E-state index is -1.17. The maximum absolute atomic E-state index is 14.0. The number of carbonyl (C=O) groups excluding carboxylic acids is 1. The van der Waals surface area contributed by atoms with Crippen LogP contribution in [0.2, 0.25) is 0 Å². The molecule has 0 radical (unpaired) electrons. The van der Waals surface area contributed by atoms with Crippen LogP contribution in [0.4, 0.5) is 19.7 Å². The van der Waals surface area contributed by atoms with E-state index in [0.717, 1.165) is 6.07 Å². The molecule has 180 valence electrons. The van der Waals surface area contributed by atoms with E-state index < -0.39 is 35.1 Å². The van der Waals surface area contributed by atoms with Gasteiger partial charge in [-0.3, -0.25) is 14.3 Å². The molecule has 0 fully saturated rings. The van der Waals surface area contributed by atoms with Crippen LogP contribution in [0, 0.1) is 5.82 Å². The second kappa shape index (κ2) is 9.50. The third-order valence-electron chi connectivity index (χ3n) is 5.25. The van der Waals surface area contributed by atoms with E-state index in [1.807, 2.05) is 0 Å². The molecule has 3 aromatic rings.